The summed E-state index contributed by atoms with van der Waals surface area (Å²) in [5.41, 5.74) is 0.982. The Morgan fingerprint density at radius 1 is 1.02 bits per heavy atom. The van der Waals surface area contributed by atoms with Crippen molar-refractivity contribution in [2.75, 3.05) is 11.5 Å². The van der Waals surface area contributed by atoms with Crippen LogP contribution in [0.5, 0.6) is 0 Å². The highest BCUT2D eigenvalue weighted by Crippen LogP contribution is 2.46. The first-order valence-corrected chi connectivity index (χ1v) is 14.3. The van der Waals surface area contributed by atoms with Crippen molar-refractivity contribution in [3.8, 4) is 5.69 Å². The molecule has 0 saturated heterocycles. The Bertz CT molecular complexity index is 1860. The molecule has 10 heteroatoms. The summed E-state index contributed by atoms with van der Waals surface area (Å²) in [4.78, 5) is 29.0. The molecule has 0 unspecified atom stereocenters. The minimum Gasteiger partial charge on any atom is -0.396 e. The fourth-order valence-corrected chi connectivity index (χ4v) is 5.59. The number of amides is 1. The van der Waals surface area contributed by atoms with E-state index in [1.54, 1.807) is 52.3 Å². The van der Waals surface area contributed by atoms with Crippen molar-refractivity contribution in [1.82, 2.24) is 24.8 Å². The second-order valence-corrected chi connectivity index (χ2v) is 10.7. The number of carbonyl (C=O) groups excluding carboxylic acids is 1. The summed E-state index contributed by atoms with van der Waals surface area (Å²) in [6, 6.07) is 22.1. The predicted molar refractivity (Wildman–Crippen MR) is 163 cm³/mol. The summed E-state index contributed by atoms with van der Waals surface area (Å²) in [5.74, 6) is -1.01. The topological polar surface area (TPSA) is 126 Å². The number of nitrogens with zero attached hydrogens (tertiary/aromatic N) is 6. The summed E-state index contributed by atoms with van der Waals surface area (Å²) in [5, 5.41) is 35.1. The number of aliphatic hydroxyl groups is 2. The maximum atomic E-state index is 14.1. The molecule has 218 valence electrons. The summed E-state index contributed by atoms with van der Waals surface area (Å²) in [6.45, 7) is 2.68. The van der Waals surface area contributed by atoms with Gasteiger partial charge in [-0.05, 0) is 36.2 Å². The number of hydrogen-bond acceptors (Lipinski definition) is 7. The SMILES string of the molecule is C[C@@H](/C=C/CCn1cc(CCO)nn1)[C@]1(O)C(=O)N(Cc2ccccc2)c2ccc(-n3ncc4ccccc4c3=O)cc21. The average molecular weight is 577 g/mol. The zero-order valence-electron chi connectivity index (χ0n) is 23.7. The Hall–Kier alpha value is -4.93. The molecule has 0 saturated carbocycles. The zero-order valence-corrected chi connectivity index (χ0v) is 23.7. The first-order valence-electron chi connectivity index (χ1n) is 14.3. The van der Waals surface area contributed by atoms with Gasteiger partial charge >= 0.3 is 0 Å². The van der Waals surface area contributed by atoms with Gasteiger partial charge < -0.3 is 15.1 Å². The van der Waals surface area contributed by atoms with E-state index >= 15 is 0 Å². The summed E-state index contributed by atoms with van der Waals surface area (Å²) < 4.78 is 3.00. The highest BCUT2D eigenvalue weighted by Gasteiger charge is 2.52. The van der Waals surface area contributed by atoms with Gasteiger partial charge in [-0.15, -0.1) is 5.10 Å². The van der Waals surface area contributed by atoms with E-state index in [1.165, 1.54) is 4.68 Å². The van der Waals surface area contributed by atoms with E-state index in [1.807, 2.05) is 61.5 Å². The predicted octanol–water partition coefficient (Wildman–Crippen LogP) is 3.53. The van der Waals surface area contributed by atoms with Crippen molar-refractivity contribution < 1.29 is 15.0 Å². The maximum absolute atomic E-state index is 14.1. The van der Waals surface area contributed by atoms with Crippen molar-refractivity contribution in [1.29, 1.82) is 0 Å². The van der Waals surface area contributed by atoms with E-state index in [2.05, 4.69) is 15.4 Å². The van der Waals surface area contributed by atoms with Crippen LogP contribution in [-0.4, -0.2) is 47.5 Å². The number of rotatable bonds is 10. The molecule has 1 aliphatic heterocycles. The summed E-state index contributed by atoms with van der Waals surface area (Å²) in [7, 11) is 0. The van der Waals surface area contributed by atoms with Gasteiger partial charge in [-0.1, -0.05) is 72.8 Å². The number of aromatic nitrogens is 5. The van der Waals surface area contributed by atoms with Crippen LogP contribution in [-0.2, 0) is 29.9 Å². The number of carbonyl (C=O) groups is 1. The van der Waals surface area contributed by atoms with Gasteiger partial charge in [-0.25, -0.2) is 0 Å². The van der Waals surface area contributed by atoms with Gasteiger partial charge in [0.1, 0.15) is 0 Å². The highest BCUT2D eigenvalue weighted by atomic mass is 16.3. The van der Waals surface area contributed by atoms with Crippen LogP contribution in [0.25, 0.3) is 16.5 Å². The lowest BCUT2D eigenvalue weighted by Crippen LogP contribution is -2.44. The van der Waals surface area contributed by atoms with Crippen LogP contribution in [0, 0.1) is 5.92 Å². The monoisotopic (exact) mass is 576 g/mol. The second kappa shape index (κ2) is 11.7. The molecule has 0 aliphatic carbocycles. The Morgan fingerprint density at radius 2 is 1.81 bits per heavy atom. The molecule has 3 aromatic carbocycles. The molecule has 2 aromatic heterocycles. The second-order valence-electron chi connectivity index (χ2n) is 10.7. The third kappa shape index (κ3) is 5.26. The quantitative estimate of drug-likeness (QED) is 0.244. The smallest absolute Gasteiger partial charge is 0.279 e. The summed E-state index contributed by atoms with van der Waals surface area (Å²) in [6.07, 6.45) is 8.24. The van der Waals surface area contributed by atoms with E-state index in [0.717, 1.165) is 16.6 Å². The van der Waals surface area contributed by atoms with Crippen molar-refractivity contribution in [2.24, 2.45) is 5.92 Å². The van der Waals surface area contributed by atoms with E-state index in [9.17, 15) is 14.7 Å². The van der Waals surface area contributed by atoms with Crippen LogP contribution in [0.4, 0.5) is 5.69 Å². The standard InChI is InChI=1S/C33H32N6O4/c1-23(9-7-8-17-37-22-26(16-18-40)35-36-37)33(43)29-19-27(39-31(41)28-13-6-5-12-25(28)20-34-39)14-15-30(29)38(32(33)42)21-24-10-3-2-4-11-24/h2-7,9-15,19-20,22-23,40,43H,8,16-18,21H2,1H3/b9-7+/t23-,33+/m0/s1. The largest absolute Gasteiger partial charge is 0.396 e. The number of benzene rings is 3. The molecule has 3 heterocycles. The van der Waals surface area contributed by atoms with Gasteiger partial charge in [0.15, 0.2) is 5.60 Å². The fourth-order valence-electron chi connectivity index (χ4n) is 5.59. The molecule has 10 nitrogen and oxygen atoms in total. The average Bonchev–Trinajstić information content (AvgIpc) is 3.56. The lowest BCUT2D eigenvalue weighted by molar-refractivity contribution is -0.139. The fraction of sp³-hybridized carbons (Fsp3) is 0.242. The van der Waals surface area contributed by atoms with Crippen LogP contribution in [0.1, 0.15) is 30.2 Å². The Labute approximate surface area is 248 Å². The van der Waals surface area contributed by atoms with Gasteiger partial charge in [0.05, 0.1) is 35.2 Å². The Balaban J connectivity index is 1.34. The molecular weight excluding hydrogens is 544 g/mol. The lowest BCUT2D eigenvalue weighted by Gasteiger charge is -2.28. The van der Waals surface area contributed by atoms with Crippen molar-refractivity contribution >= 4 is 22.4 Å². The number of aryl methyl sites for hydroxylation is 1. The zero-order chi connectivity index (χ0) is 30.0. The van der Waals surface area contributed by atoms with Crippen LogP contribution in [0.2, 0.25) is 0 Å². The minimum absolute atomic E-state index is 0.0127. The molecule has 0 bridgehead atoms. The number of hydrogen-bond donors (Lipinski definition) is 2. The molecular formula is C33H32N6O4. The molecule has 2 N–H and O–H groups in total. The van der Waals surface area contributed by atoms with Gasteiger partial charge in [-0.2, -0.15) is 9.78 Å². The van der Waals surface area contributed by atoms with E-state index < -0.39 is 17.4 Å². The number of fused-ring (bicyclic) bond motifs is 2. The molecule has 1 amide bonds. The van der Waals surface area contributed by atoms with Crippen LogP contribution in [0.3, 0.4) is 0 Å². The maximum Gasteiger partial charge on any atom is 0.279 e. The van der Waals surface area contributed by atoms with E-state index in [0.29, 0.717) is 48.3 Å². The van der Waals surface area contributed by atoms with Gasteiger partial charge in [0.25, 0.3) is 11.5 Å². The number of allylic oxidation sites excluding steroid dienone is 1. The van der Waals surface area contributed by atoms with E-state index in [-0.39, 0.29) is 12.2 Å². The first-order chi connectivity index (χ1) is 20.9. The minimum atomic E-state index is -1.86. The number of anilines is 1. The van der Waals surface area contributed by atoms with Crippen LogP contribution in [0.15, 0.2) is 102 Å². The summed E-state index contributed by atoms with van der Waals surface area (Å²) >= 11 is 0. The number of aliphatic hydroxyl groups excluding tert-OH is 1. The van der Waals surface area contributed by atoms with Gasteiger partial charge in [0.2, 0.25) is 0 Å². The normalized spacial score (nSPS) is 17.2. The molecule has 5 aromatic rings. The van der Waals surface area contributed by atoms with E-state index in [4.69, 9.17) is 5.11 Å². The van der Waals surface area contributed by atoms with Crippen molar-refractivity contribution in [3.63, 3.8) is 0 Å². The molecule has 0 spiro atoms. The Kier molecular flexibility index (Phi) is 7.71. The first kappa shape index (κ1) is 28.2. The third-order valence-electron chi connectivity index (χ3n) is 7.94. The highest BCUT2D eigenvalue weighted by molar-refractivity contribution is 6.07. The molecule has 6 rings (SSSR count). The molecule has 0 fully saturated rings. The third-order valence-corrected chi connectivity index (χ3v) is 7.94. The van der Waals surface area contributed by atoms with Gasteiger partial charge in [0, 0.05) is 42.6 Å². The van der Waals surface area contributed by atoms with Crippen molar-refractivity contribution in [2.45, 2.75) is 38.5 Å². The Morgan fingerprint density at radius 3 is 2.63 bits per heavy atom. The molecule has 43 heavy (non-hydrogen) atoms. The molecule has 2 atom stereocenters. The van der Waals surface area contributed by atoms with Crippen LogP contribution >= 0.6 is 0 Å². The van der Waals surface area contributed by atoms with Gasteiger partial charge in [-0.3, -0.25) is 14.3 Å². The lowest BCUT2D eigenvalue weighted by atomic mass is 9.82. The molecule has 1 aliphatic rings. The van der Waals surface area contributed by atoms with Crippen molar-refractivity contribution in [3.05, 3.63) is 125 Å². The van der Waals surface area contributed by atoms with Crippen LogP contribution < -0.4 is 10.5 Å². The molecule has 0 radical (unpaired) electrons.